The lowest BCUT2D eigenvalue weighted by Gasteiger charge is -2.31. The molecule has 1 atom stereocenters. The molecule has 0 aliphatic carbocycles. The average molecular weight is 403 g/mol. The zero-order valence-corrected chi connectivity index (χ0v) is 17.1. The number of aromatic nitrogens is 3. The van der Waals surface area contributed by atoms with Gasteiger partial charge in [0.05, 0.1) is 7.11 Å². The van der Waals surface area contributed by atoms with Gasteiger partial charge in [0, 0.05) is 31.1 Å². The number of ether oxygens (including phenoxy) is 1. The number of nitrogens with zero attached hydrogens (tertiary/aromatic N) is 4. The number of H-pyrrole nitrogens is 1. The van der Waals surface area contributed by atoms with Gasteiger partial charge in [-0.3, -0.25) is 14.7 Å². The summed E-state index contributed by atoms with van der Waals surface area (Å²) in [7, 11) is 1.37. The second kappa shape index (κ2) is 8.59. The van der Waals surface area contributed by atoms with Crippen LogP contribution in [0.15, 0.2) is 18.2 Å². The van der Waals surface area contributed by atoms with Gasteiger partial charge in [-0.1, -0.05) is 13.8 Å². The molecule has 0 saturated carbocycles. The van der Waals surface area contributed by atoms with Gasteiger partial charge in [-0.25, -0.2) is 9.37 Å². The van der Waals surface area contributed by atoms with E-state index in [1.54, 1.807) is 16.7 Å². The SMILES string of the molecule is COc1ccc(C(=O)N2CCCN(C(=O)C(C)C)C(c3n[nH]c(C)n3)C2)cc1F. The number of aryl methyl sites for hydroxylation is 1. The number of nitrogens with one attached hydrogen (secondary N) is 1. The molecular formula is C20H26FN5O3. The van der Waals surface area contributed by atoms with Crippen molar-refractivity contribution >= 4 is 11.8 Å². The van der Waals surface area contributed by atoms with Crippen molar-refractivity contribution in [3.63, 3.8) is 0 Å². The van der Waals surface area contributed by atoms with Crippen LogP contribution in [0.2, 0.25) is 0 Å². The van der Waals surface area contributed by atoms with Crippen molar-refractivity contribution < 1.29 is 18.7 Å². The number of hydrogen-bond acceptors (Lipinski definition) is 5. The summed E-state index contributed by atoms with van der Waals surface area (Å²) in [6.45, 7) is 6.66. The number of aromatic amines is 1. The maximum Gasteiger partial charge on any atom is 0.254 e. The molecule has 29 heavy (non-hydrogen) atoms. The zero-order chi connectivity index (χ0) is 21.1. The van der Waals surface area contributed by atoms with Crippen LogP contribution < -0.4 is 4.74 Å². The molecular weight excluding hydrogens is 377 g/mol. The first kappa shape index (κ1) is 20.8. The molecule has 8 nitrogen and oxygen atoms in total. The summed E-state index contributed by atoms with van der Waals surface area (Å²) in [6, 6.07) is 3.68. The van der Waals surface area contributed by atoms with Crippen LogP contribution >= 0.6 is 0 Å². The first-order valence-electron chi connectivity index (χ1n) is 9.64. The summed E-state index contributed by atoms with van der Waals surface area (Å²) < 4.78 is 19.0. The van der Waals surface area contributed by atoms with Crippen LogP contribution in [0.5, 0.6) is 5.75 Å². The third-order valence-corrected chi connectivity index (χ3v) is 4.97. The summed E-state index contributed by atoms with van der Waals surface area (Å²) in [5.74, 6) is 0.0971. The molecule has 2 heterocycles. The average Bonchev–Trinajstić information content (AvgIpc) is 3.00. The minimum atomic E-state index is -0.592. The highest BCUT2D eigenvalue weighted by molar-refractivity contribution is 5.94. The smallest absolute Gasteiger partial charge is 0.254 e. The van der Waals surface area contributed by atoms with Crippen molar-refractivity contribution in [2.75, 3.05) is 26.7 Å². The fourth-order valence-electron chi connectivity index (χ4n) is 3.48. The Balaban J connectivity index is 1.90. The van der Waals surface area contributed by atoms with E-state index in [0.717, 1.165) is 0 Å². The van der Waals surface area contributed by atoms with Crippen LogP contribution in [-0.2, 0) is 4.79 Å². The molecule has 2 amide bonds. The quantitative estimate of drug-likeness (QED) is 0.846. The van der Waals surface area contributed by atoms with E-state index in [9.17, 15) is 14.0 Å². The number of carbonyl (C=O) groups excluding carboxylic acids is 2. The van der Waals surface area contributed by atoms with Gasteiger partial charge in [0.15, 0.2) is 17.4 Å². The molecule has 3 rings (SSSR count). The predicted molar refractivity (Wildman–Crippen MR) is 104 cm³/mol. The van der Waals surface area contributed by atoms with E-state index in [2.05, 4.69) is 15.2 Å². The van der Waals surface area contributed by atoms with E-state index in [4.69, 9.17) is 4.74 Å². The minimum Gasteiger partial charge on any atom is -0.494 e. The van der Waals surface area contributed by atoms with Gasteiger partial charge in [0.1, 0.15) is 11.9 Å². The van der Waals surface area contributed by atoms with E-state index in [0.29, 0.717) is 31.2 Å². The molecule has 1 aliphatic heterocycles. The maximum atomic E-state index is 14.1. The number of amides is 2. The Kier molecular flexibility index (Phi) is 6.14. The van der Waals surface area contributed by atoms with Crippen LogP contribution in [0.3, 0.4) is 0 Å². The molecule has 9 heteroatoms. The fourth-order valence-corrected chi connectivity index (χ4v) is 3.48. The Hall–Kier alpha value is -2.97. The van der Waals surface area contributed by atoms with E-state index in [1.165, 1.54) is 25.3 Å². The van der Waals surface area contributed by atoms with Crippen molar-refractivity contribution in [2.45, 2.75) is 33.2 Å². The second-order valence-electron chi connectivity index (χ2n) is 7.44. The van der Waals surface area contributed by atoms with Gasteiger partial charge < -0.3 is 14.5 Å². The minimum absolute atomic E-state index is 0.0118. The topological polar surface area (TPSA) is 91.4 Å². The first-order valence-corrected chi connectivity index (χ1v) is 9.64. The molecule has 2 aromatic rings. The molecule has 1 aromatic heterocycles. The predicted octanol–water partition coefficient (Wildman–Crippen LogP) is 2.33. The molecule has 1 N–H and O–H groups in total. The van der Waals surface area contributed by atoms with Crippen LogP contribution in [0.1, 0.15) is 48.3 Å². The Bertz CT molecular complexity index is 898. The third-order valence-electron chi connectivity index (χ3n) is 4.97. The summed E-state index contributed by atoms with van der Waals surface area (Å²) in [4.78, 5) is 33.6. The van der Waals surface area contributed by atoms with E-state index in [1.807, 2.05) is 13.8 Å². The van der Waals surface area contributed by atoms with Crippen LogP contribution in [-0.4, -0.2) is 63.5 Å². The van der Waals surface area contributed by atoms with Gasteiger partial charge in [0.2, 0.25) is 5.91 Å². The molecule has 0 radical (unpaired) electrons. The van der Waals surface area contributed by atoms with Gasteiger partial charge in [-0.2, -0.15) is 5.10 Å². The van der Waals surface area contributed by atoms with E-state index < -0.39 is 11.9 Å². The Morgan fingerprint density at radius 3 is 2.66 bits per heavy atom. The van der Waals surface area contributed by atoms with E-state index in [-0.39, 0.29) is 35.6 Å². The van der Waals surface area contributed by atoms with Gasteiger partial charge in [-0.05, 0) is 31.5 Å². The Labute approximate surface area is 169 Å². The monoisotopic (exact) mass is 403 g/mol. The standard InChI is InChI=1S/C20H26FN5O3/c1-12(2)19(27)26-9-5-8-25(11-16(26)18-22-13(3)23-24-18)20(28)14-6-7-17(29-4)15(21)10-14/h6-7,10,12,16H,5,8-9,11H2,1-4H3,(H,22,23,24). The Morgan fingerprint density at radius 2 is 2.07 bits per heavy atom. The van der Waals surface area contributed by atoms with Crippen molar-refractivity contribution in [1.82, 2.24) is 25.0 Å². The summed E-state index contributed by atoms with van der Waals surface area (Å²) in [6.07, 6.45) is 0.614. The normalized spacial score (nSPS) is 17.4. The zero-order valence-electron chi connectivity index (χ0n) is 17.1. The van der Waals surface area contributed by atoms with Crippen LogP contribution in [0.25, 0.3) is 0 Å². The molecule has 1 saturated heterocycles. The van der Waals surface area contributed by atoms with Crippen LogP contribution in [0, 0.1) is 18.7 Å². The lowest BCUT2D eigenvalue weighted by Crippen LogP contribution is -2.42. The fraction of sp³-hybridized carbons (Fsp3) is 0.500. The van der Waals surface area contributed by atoms with Crippen LogP contribution in [0.4, 0.5) is 4.39 Å². The third kappa shape index (κ3) is 4.38. The van der Waals surface area contributed by atoms with Crippen molar-refractivity contribution in [3.05, 3.63) is 41.2 Å². The molecule has 1 aromatic carbocycles. The highest BCUT2D eigenvalue weighted by Gasteiger charge is 2.35. The molecule has 0 spiro atoms. The number of hydrogen-bond donors (Lipinski definition) is 1. The van der Waals surface area contributed by atoms with Gasteiger partial charge >= 0.3 is 0 Å². The lowest BCUT2D eigenvalue weighted by molar-refractivity contribution is -0.137. The van der Waals surface area contributed by atoms with Crippen molar-refractivity contribution in [2.24, 2.45) is 5.92 Å². The molecule has 1 unspecified atom stereocenters. The number of halogens is 1. The summed E-state index contributed by atoms with van der Waals surface area (Å²) in [5.41, 5.74) is 0.233. The first-order chi connectivity index (χ1) is 13.8. The van der Waals surface area contributed by atoms with E-state index >= 15 is 0 Å². The molecule has 0 bridgehead atoms. The second-order valence-corrected chi connectivity index (χ2v) is 7.44. The lowest BCUT2D eigenvalue weighted by atomic mass is 10.1. The van der Waals surface area contributed by atoms with Crippen molar-refractivity contribution in [3.8, 4) is 5.75 Å². The molecule has 156 valence electrons. The summed E-state index contributed by atoms with van der Waals surface area (Å²) in [5, 5.41) is 7.04. The Morgan fingerprint density at radius 1 is 1.31 bits per heavy atom. The number of methoxy groups -OCH3 is 1. The molecule has 1 fully saturated rings. The van der Waals surface area contributed by atoms with Gasteiger partial charge in [-0.15, -0.1) is 0 Å². The largest absolute Gasteiger partial charge is 0.494 e. The van der Waals surface area contributed by atoms with Gasteiger partial charge in [0.25, 0.3) is 5.91 Å². The maximum absolute atomic E-state index is 14.1. The summed E-state index contributed by atoms with van der Waals surface area (Å²) >= 11 is 0. The number of carbonyl (C=O) groups is 2. The molecule has 1 aliphatic rings. The highest BCUT2D eigenvalue weighted by atomic mass is 19.1. The number of benzene rings is 1. The van der Waals surface area contributed by atoms with Crippen molar-refractivity contribution in [1.29, 1.82) is 0 Å². The number of rotatable bonds is 4. The highest BCUT2D eigenvalue weighted by Crippen LogP contribution is 2.26.